The summed E-state index contributed by atoms with van der Waals surface area (Å²) in [7, 11) is 3.73. The summed E-state index contributed by atoms with van der Waals surface area (Å²) in [5, 5.41) is 12.3. The van der Waals surface area contributed by atoms with Crippen LogP contribution in [-0.4, -0.2) is 0 Å². The molecule has 0 aliphatic rings. The number of hydrogen-bond donors (Lipinski definition) is 0. The predicted octanol–water partition coefficient (Wildman–Crippen LogP) is -2.16. The minimum Gasteiger partial charge on any atom is -0.877 e. The van der Waals surface area contributed by atoms with Crippen molar-refractivity contribution in [1.29, 1.82) is 0 Å². The average molecular weight is 291 g/mol. The Morgan fingerprint density at radius 3 is 2.54 bits per heavy atom. The normalized spacial score (nSPS) is 9.54. The minimum atomic E-state index is 0. The number of pyridine rings is 1. The number of nitrogens with zero attached hydrogens (tertiary/aromatic N) is 1. The fourth-order valence-electron chi connectivity index (χ4n) is 1.31. The average Bonchev–Trinajstić information content (AvgIpc) is 2.04. The number of para-hydroxylation sites is 1. The summed E-state index contributed by atoms with van der Waals surface area (Å²) < 4.78 is 1.59. The van der Waals surface area contributed by atoms with Crippen molar-refractivity contribution >= 4 is 10.9 Å². The van der Waals surface area contributed by atoms with Gasteiger partial charge in [0.15, 0.2) is 0 Å². The maximum atomic E-state index is 11.3. The summed E-state index contributed by atoms with van der Waals surface area (Å²) in [6.45, 7) is 0. The van der Waals surface area contributed by atoms with Crippen LogP contribution in [0.4, 0.5) is 0 Å². The standard InChI is InChI=1S/C10H9NO.Cs/c1-11-7-3-5-8-4-2-6-9(12)10(8)11;/h2-7,12H,1H2;/q;+1/p-1. The number of aromatic nitrogens is 1. The Morgan fingerprint density at radius 2 is 1.85 bits per heavy atom. The molecule has 3 heteroatoms. The Bertz CT molecular complexity index is 391. The number of hydrogen-bond acceptors (Lipinski definition) is 1. The summed E-state index contributed by atoms with van der Waals surface area (Å²) in [5.74, 6) is 0.0168. The summed E-state index contributed by atoms with van der Waals surface area (Å²) in [6, 6.07) is 8.97. The van der Waals surface area contributed by atoms with Crippen LogP contribution in [0.3, 0.4) is 0 Å². The molecule has 0 radical (unpaired) electrons. The maximum Gasteiger partial charge on any atom is 1.00 e. The van der Waals surface area contributed by atoms with Crippen LogP contribution in [0.1, 0.15) is 0 Å². The molecule has 1 aromatic heterocycles. The monoisotopic (exact) mass is 291 g/mol. The van der Waals surface area contributed by atoms with Gasteiger partial charge >= 0.3 is 68.9 Å². The van der Waals surface area contributed by atoms with Gasteiger partial charge in [-0.25, -0.2) is 0 Å². The van der Waals surface area contributed by atoms with Crippen LogP contribution in [0, 0.1) is 7.05 Å². The molecule has 0 aliphatic carbocycles. The quantitative estimate of drug-likeness (QED) is 0.401. The fourth-order valence-corrected chi connectivity index (χ4v) is 1.31. The second kappa shape index (κ2) is 4.73. The zero-order valence-electron chi connectivity index (χ0n) is 7.53. The molecule has 0 amide bonds. The number of benzene rings is 1. The Morgan fingerprint density at radius 1 is 1.15 bits per heavy atom. The van der Waals surface area contributed by atoms with Gasteiger partial charge in [-0.1, -0.05) is 36.1 Å². The summed E-state index contributed by atoms with van der Waals surface area (Å²) >= 11 is 0. The summed E-state index contributed by atoms with van der Waals surface area (Å²) in [5.41, 5.74) is 0.653. The molecule has 0 fully saturated rings. The maximum absolute atomic E-state index is 11.3. The minimum absolute atomic E-state index is 0. The van der Waals surface area contributed by atoms with Crippen LogP contribution >= 0.6 is 0 Å². The first-order chi connectivity index (χ1) is 5.79. The van der Waals surface area contributed by atoms with Crippen LogP contribution in [0.2, 0.25) is 0 Å². The van der Waals surface area contributed by atoms with E-state index in [1.807, 2.05) is 18.2 Å². The first-order valence-corrected chi connectivity index (χ1v) is 3.70. The van der Waals surface area contributed by atoms with E-state index in [4.69, 9.17) is 0 Å². The first-order valence-electron chi connectivity index (χ1n) is 3.70. The fraction of sp³-hybridized carbons (Fsp3) is 0. The van der Waals surface area contributed by atoms with Crippen molar-refractivity contribution in [2.24, 2.45) is 0 Å². The number of fused-ring (bicyclic) bond motifs is 1. The molecule has 60 valence electrons. The third kappa shape index (κ3) is 2.23. The Balaban J connectivity index is 0.000000845. The van der Waals surface area contributed by atoms with Gasteiger partial charge in [0.1, 0.15) is 5.52 Å². The van der Waals surface area contributed by atoms with E-state index in [9.17, 15) is 5.11 Å². The van der Waals surface area contributed by atoms with Gasteiger partial charge in [0.25, 0.3) is 0 Å². The molecule has 0 spiro atoms. The van der Waals surface area contributed by atoms with Crippen molar-refractivity contribution in [2.75, 3.05) is 0 Å². The predicted molar refractivity (Wildman–Crippen MR) is 44.3 cm³/mol. The molecular formula is C10H8CsNO. The van der Waals surface area contributed by atoms with Gasteiger partial charge in [0.2, 0.25) is 0 Å². The van der Waals surface area contributed by atoms with Gasteiger partial charge in [-0.05, 0) is 5.39 Å². The van der Waals surface area contributed by atoms with E-state index in [0.717, 1.165) is 5.39 Å². The van der Waals surface area contributed by atoms with Crippen molar-refractivity contribution < 1.29 is 78.6 Å². The van der Waals surface area contributed by atoms with E-state index in [0.29, 0.717) is 5.52 Å². The van der Waals surface area contributed by atoms with Gasteiger partial charge in [-0.3, -0.25) is 0 Å². The van der Waals surface area contributed by atoms with Gasteiger partial charge in [-0.15, -0.1) is 0 Å². The van der Waals surface area contributed by atoms with Crippen molar-refractivity contribution in [2.45, 2.75) is 0 Å². The van der Waals surface area contributed by atoms with E-state index in [1.165, 1.54) is 0 Å². The Kier molecular flexibility index (Phi) is 4.15. The third-order valence-electron chi connectivity index (χ3n) is 1.86. The molecule has 0 atom stereocenters. The Labute approximate surface area is 136 Å². The summed E-state index contributed by atoms with van der Waals surface area (Å²) in [6.07, 6.45) is 1.77. The van der Waals surface area contributed by atoms with Crippen LogP contribution in [0.5, 0.6) is 5.75 Å². The summed E-state index contributed by atoms with van der Waals surface area (Å²) in [4.78, 5) is 0. The second-order valence-electron chi connectivity index (χ2n) is 2.67. The molecule has 2 aromatic rings. The van der Waals surface area contributed by atoms with Crippen molar-refractivity contribution in [3.63, 3.8) is 0 Å². The zero-order valence-corrected chi connectivity index (χ0v) is 13.8. The van der Waals surface area contributed by atoms with Crippen LogP contribution in [0.15, 0.2) is 36.5 Å². The van der Waals surface area contributed by atoms with Crippen molar-refractivity contribution in [1.82, 2.24) is 0 Å². The number of rotatable bonds is 0. The van der Waals surface area contributed by atoms with Gasteiger partial charge in [0.05, 0.1) is 6.20 Å². The molecule has 2 nitrogen and oxygen atoms in total. The van der Waals surface area contributed by atoms with Gasteiger partial charge in [0, 0.05) is 7.05 Å². The molecule has 0 saturated heterocycles. The molecule has 0 unspecified atom stereocenters. The zero-order chi connectivity index (χ0) is 8.55. The van der Waals surface area contributed by atoms with Crippen LogP contribution in [0.25, 0.3) is 10.9 Å². The van der Waals surface area contributed by atoms with Crippen molar-refractivity contribution in [3.05, 3.63) is 43.6 Å². The van der Waals surface area contributed by atoms with E-state index in [2.05, 4.69) is 7.05 Å². The molecule has 13 heavy (non-hydrogen) atoms. The molecular weight excluding hydrogens is 283 g/mol. The third-order valence-corrected chi connectivity index (χ3v) is 1.86. The topological polar surface area (TPSA) is 26.9 Å². The molecule has 0 saturated carbocycles. The second-order valence-corrected chi connectivity index (χ2v) is 2.67. The molecule has 0 N–H and O–H groups in total. The van der Waals surface area contributed by atoms with Crippen LogP contribution < -0.4 is 78.6 Å². The molecule has 0 bridgehead atoms. The smallest absolute Gasteiger partial charge is 0.877 e. The van der Waals surface area contributed by atoms with E-state index in [-0.39, 0.29) is 74.6 Å². The Hall–Kier alpha value is 0.352. The van der Waals surface area contributed by atoms with E-state index >= 15 is 0 Å². The first kappa shape index (κ1) is 11.4. The van der Waals surface area contributed by atoms with Gasteiger partial charge < -0.3 is 9.67 Å². The van der Waals surface area contributed by atoms with Gasteiger partial charge in [-0.2, -0.15) is 0 Å². The van der Waals surface area contributed by atoms with Crippen LogP contribution in [-0.2, 0) is 0 Å². The largest absolute Gasteiger partial charge is 1.00 e. The van der Waals surface area contributed by atoms with E-state index < -0.39 is 0 Å². The van der Waals surface area contributed by atoms with E-state index in [1.54, 1.807) is 22.9 Å². The molecule has 2 rings (SSSR count). The molecule has 0 aliphatic heterocycles. The van der Waals surface area contributed by atoms with Crippen molar-refractivity contribution in [3.8, 4) is 5.75 Å². The SMILES string of the molecule is [CH2-][n+]1cccc2cccc([O-])c21.[Cs+]. The molecule has 1 heterocycles. The molecule has 1 aromatic carbocycles.